The number of hydrogen-bond acceptors (Lipinski definition) is 12. The summed E-state index contributed by atoms with van der Waals surface area (Å²) in [4.78, 5) is 49.8. The molecule has 4 aliphatic rings. The van der Waals surface area contributed by atoms with Gasteiger partial charge in [-0.2, -0.15) is 0 Å². The average molecular weight is 583 g/mol. The lowest BCUT2D eigenvalue weighted by atomic mass is 10.0. The zero-order valence-corrected chi connectivity index (χ0v) is 22.8. The molecule has 37 heavy (non-hydrogen) atoms. The van der Waals surface area contributed by atoms with E-state index in [0.29, 0.717) is 32.4 Å². The molecule has 0 fully saturated rings. The van der Waals surface area contributed by atoms with Gasteiger partial charge in [-0.05, 0) is 12.8 Å². The van der Waals surface area contributed by atoms with Crippen molar-refractivity contribution in [2.45, 2.75) is 57.8 Å². The van der Waals surface area contributed by atoms with Crippen LogP contribution in [-0.4, -0.2) is 44.7 Å². The highest BCUT2D eigenvalue weighted by Gasteiger charge is 2.46. The van der Waals surface area contributed by atoms with Gasteiger partial charge in [0.25, 0.3) is 11.4 Å². The van der Waals surface area contributed by atoms with Crippen molar-refractivity contribution >= 4 is 69.6 Å². The highest BCUT2D eigenvalue weighted by atomic mass is 32.2. The Labute approximate surface area is 231 Å². The second-order valence-electron chi connectivity index (χ2n) is 8.64. The van der Waals surface area contributed by atoms with Gasteiger partial charge in [0.05, 0.1) is 23.1 Å². The Balaban J connectivity index is 1.05. The van der Waals surface area contributed by atoms with Gasteiger partial charge in [-0.15, -0.1) is 0 Å². The zero-order chi connectivity index (χ0) is 26.7. The Hall–Kier alpha value is -2.42. The molecule has 0 atom stereocenters. The van der Waals surface area contributed by atoms with Crippen molar-refractivity contribution in [2.24, 2.45) is 0 Å². The summed E-state index contributed by atoms with van der Waals surface area (Å²) >= 11 is 12.9. The van der Waals surface area contributed by atoms with E-state index in [1.54, 1.807) is 0 Å². The molecule has 0 aromatic heterocycles. The van der Waals surface area contributed by atoms with Crippen molar-refractivity contribution in [3.05, 3.63) is 62.4 Å². The van der Waals surface area contributed by atoms with Crippen molar-refractivity contribution in [2.75, 3.05) is 13.2 Å². The maximum Gasteiger partial charge on any atom is 0.341 e. The number of ether oxygens (including phenoxy) is 2. The third kappa shape index (κ3) is 6.54. The summed E-state index contributed by atoms with van der Waals surface area (Å²) in [5.74, 6) is -1.35. The number of hydrogen-bond donors (Lipinski definition) is 0. The van der Waals surface area contributed by atoms with Crippen molar-refractivity contribution in [1.29, 1.82) is 0 Å². The minimum atomic E-state index is -0.674. The summed E-state index contributed by atoms with van der Waals surface area (Å²) < 4.78 is 10.5. The van der Waals surface area contributed by atoms with Gasteiger partial charge in [-0.1, -0.05) is 80.1 Å². The number of esters is 2. The second-order valence-corrected chi connectivity index (χ2v) is 11.7. The molecule has 0 bridgehead atoms. The molecule has 0 saturated heterocycles. The fourth-order valence-corrected chi connectivity index (χ4v) is 6.65. The molecule has 10 nitrogen and oxygen atoms in total. The van der Waals surface area contributed by atoms with Crippen LogP contribution in [0, 0.1) is 20.2 Å². The minimum Gasteiger partial charge on any atom is -0.462 e. The first-order valence-corrected chi connectivity index (χ1v) is 14.2. The molecule has 14 heteroatoms. The molecule has 2 aliphatic carbocycles. The van der Waals surface area contributed by atoms with Crippen molar-refractivity contribution in [1.82, 2.24) is 0 Å². The first kappa shape index (κ1) is 27.6. The molecule has 0 N–H and O–H groups in total. The summed E-state index contributed by atoms with van der Waals surface area (Å²) in [7, 11) is 0. The van der Waals surface area contributed by atoms with Crippen LogP contribution in [0.15, 0.2) is 42.2 Å². The van der Waals surface area contributed by atoms with Crippen LogP contribution in [0.3, 0.4) is 0 Å². The van der Waals surface area contributed by atoms with Crippen LogP contribution in [0.25, 0.3) is 0 Å². The van der Waals surface area contributed by atoms with E-state index in [0.717, 1.165) is 41.9 Å². The number of carbonyl (C=O) groups is 2. The van der Waals surface area contributed by atoms with Crippen LogP contribution in [0.4, 0.5) is 0 Å². The summed E-state index contributed by atoms with van der Waals surface area (Å²) in [5, 5.41) is 22.6. The average Bonchev–Trinajstić information content (AvgIpc) is 3.75. The lowest BCUT2D eigenvalue weighted by Gasteiger charge is -2.10. The quantitative estimate of drug-likeness (QED) is 0.0860. The summed E-state index contributed by atoms with van der Waals surface area (Å²) in [5.41, 5.74) is -0.278. The fourth-order valence-electron chi connectivity index (χ4n) is 4.07. The van der Waals surface area contributed by atoms with Crippen molar-refractivity contribution in [3.63, 3.8) is 0 Å². The number of thiocarbonyl (C=S) groups is 2. The monoisotopic (exact) mass is 582 g/mol. The maximum absolute atomic E-state index is 12.3. The number of nitro groups is 2. The number of carbonyl (C=O) groups excluding carboxylic acids is 2. The molecule has 0 amide bonds. The van der Waals surface area contributed by atoms with Gasteiger partial charge in [0.2, 0.25) is 0 Å². The molecule has 0 radical (unpaired) electrons. The molecular weight excluding hydrogens is 561 g/mol. The van der Waals surface area contributed by atoms with E-state index >= 15 is 0 Å². The van der Waals surface area contributed by atoms with E-state index in [4.69, 9.17) is 33.9 Å². The molecule has 0 spiro atoms. The summed E-state index contributed by atoms with van der Waals surface area (Å²) in [6.45, 7) is 0.384. The standard InChI is InChI=1S/C23H22N2O8S4/c26-22(12-10-14(34)18-20(36-18)16(12)24(28)29)32-8-6-4-2-1-3-5-7-9-33-23(27)13-11-15(35)19-21(37-19)17(13)25(30)31/h1-11H2. The topological polar surface area (TPSA) is 139 Å². The Kier molecular flexibility index (Phi) is 8.93. The van der Waals surface area contributed by atoms with E-state index < -0.39 is 21.8 Å². The Morgan fingerprint density at radius 3 is 1.38 bits per heavy atom. The van der Waals surface area contributed by atoms with Crippen LogP contribution in [0.2, 0.25) is 0 Å². The van der Waals surface area contributed by atoms with Crippen LogP contribution >= 0.6 is 48.0 Å². The van der Waals surface area contributed by atoms with E-state index in [2.05, 4.69) is 0 Å². The number of rotatable bonds is 14. The van der Waals surface area contributed by atoms with Crippen LogP contribution in [0.5, 0.6) is 0 Å². The Morgan fingerprint density at radius 2 is 1.03 bits per heavy atom. The van der Waals surface area contributed by atoms with Crippen LogP contribution in [0.1, 0.15) is 57.8 Å². The van der Waals surface area contributed by atoms with E-state index in [1.165, 1.54) is 23.5 Å². The highest BCUT2D eigenvalue weighted by Crippen LogP contribution is 2.56. The van der Waals surface area contributed by atoms with Crippen LogP contribution in [-0.2, 0) is 19.1 Å². The van der Waals surface area contributed by atoms with Gasteiger partial charge >= 0.3 is 11.9 Å². The lowest BCUT2D eigenvalue weighted by Crippen LogP contribution is -2.18. The van der Waals surface area contributed by atoms with E-state index in [9.17, 15) is 29.8 Å². The first-order valence-electron chi connectivity index (χ1n) is 11.7. The molecule has 2 aliphatic heterocycles. The molecule has 2 heterocycles. The Morgan fingerprint density at radius 1 is 0.676 bits per heavy atom. The normalized spacial score (nSPS) is 18.1. The SMILES string of the molecule is O=C(OCCCCCCCCCOC(=O)C1=C([N+](=O)[O-])C2=C(S2)C(=S)C1)C1=C([N+](=O)[O-])C2=C(S2)C(=S)C1. The summed E-state index contributed by atoms with van der Waals surface area (Å²) in [6.07, 6.45) is 5.98. The Bertz CT molecular complexity index is 1150. The van der Waals surface area contributed by atoms with Crippen molar-refractivity contribution in [3.8, 4) is 0 Å². The molecule has 0 aromatic rings. The second kappa shape index (κ2) is 12.0. The molecule has 196 valence electrons. The lowest BCUT2D eigenvalue weighted by molar-refractivity contribution is -0.420. The predicted octanol–water partition coefficient (Wildman–Crippen LogP) is 5.33. The molecule has 4 rings (SSSR count). The minimum absolute atomic E-state index is 0.0322. The van der Waals surface area contributed by atoms with Gasteiger partial charge in [0, 0.05) is 32.4 Å². The smallest absolute Gasteiger partial charge is 0.341 e. The van der Waals surface area contributed by atoms with Gasteiger partial charge in [-0.25, -0.2) is 9.59 Å². The number of allylic oxidation sites excluding steroid dienone is 2. The molecule has 0 saturated carbocycles. The molecular formula is C23H22N2O8S4. The summed E-state index contributed by atoms with van der Waals surface area (Å²) in [6, 6.07) is 0. The van der Waals surface area contributed by atoms with E-state index in [1.807, 2.05) is 0 Å². The third-order valence-electron chi connectivity index (χ3n) is 6.03. The molecule has 0 unspecified atom stereocenters. The molecule has 0 aromatic carbocycles. The zero-order valence-electron chi connectivity index (χ0n) is 19.6. The van der Waals surface area contributed by atoms with Crippen molar-refractivity contribution < 1.29 is 28.9 Å². The first-order chi connectivity index (χ1) is 17.7. The number of nitrogens with zero attached hydrogens (tertiary/aromatic N) is 2. The van der Waals surface area contributed by atoms with Gasteiger partial charge in [0.15, 0.2) is 0 Å². The maximum atomic E-state index is 12.3. The van der Waals surface area contributed by atoms with Gasteiger partial charge < -0.3 is 9.47 Å². The largest absolute Gasteiger partial charge is 0.462 e. The third-order valence-corrected chi connectivity index (χ3v) is 9.09. The van der Waals surface area contributed by atoms with Gasteiger partial charge in [0.1, 0.15) is 21.0 Å². The highest BCUT2D eigenvalue weighted by molar-refractivity contribution is 8.16. The van der Waals surface area contributed by atoms with Crippen LogP contribution < -0.4 is 0 Å². The number of unbranched alkanes of at least 4 members (excludes halogenated alkanes) is 6. The van der Waals surface area contributed by atoms with Gasteiger partial charge in [-0.3, -0.25) is 20.2 Å². The predicted molar refractivity (Wildman–Crippen MR) is 146 cm³/mol. The fraction of sp³-hybridized carbons (Fsp3) is 0.478. The van der Waals surface area contributed by atoms with E-state index in [-0.39, 0.29) is 48.6 Å². The number of thioether (sulfide) groups is 2.